The molecule has 0 spiro atoms. The van der Waals surface area contributed by atoms with Crippen LogP contribution in [0, 0.1) is 6.92 Å². The van der Waals surface area contributed by atoms with Crippen molar-refractivity contribution in [1.82, 2.24) is 4.98 Å². The minimum absolute atomic E-state index is 0.627. The van der Waals surface area contributed by atoms with Crippen molar-refractivity contribution < 1.29 is 5.21 Å². The lowest BCUT2D eigenvalue weighted by Crippen LogP contribution is -1.88. The summed E-state index contributed by atoms with van der Waals surface area (Å²) in [5, 5.41) is 13.3. The van der Waals surface area contributed by atoms with Crippen molar-refractivity contribution >= 4 is 38.9 Å². The number of aryl methyl sites for hydroxylation is 1. The van der Waals surface area contributed by atoms with Crippen LogP contribution in [-0.2, 0) is 0 Å². The Morgan fingerprint density at radius 2 is 2.00 bits per heavy atom. The number of rotatable bonds is 3. The van der Waals surface area contributed by atoms with Gasteiger partial charge in [-0.25, -0.2) is 0 Å². The fourth-order valence-electron chi connectivity index (χ4n) is 1.98. The maximum atomic E-state index is 8.92. The highest BCUT2D eigenvalue weighted by atomic mass is 32.2. The van der Waals surface area contributed by atoms with Gasteiger partial charge in [-0.05, 0) is 32.0 Å². The summed E-state index contributed by atoms with van der Waals surface area (Å²) in [7, 11) is 0. The number of pyridine rings is 1. The van der Waals surface area contributed by atoms with Gasteiger partial charge >= 0.3 is 0 Å². The molecule has 106 valence electrons. The number of oxime groups is 1. The van der Waals surface area contributed by atoms with E-state index in [0.29, 0.717) is 5.71 Å². The summed E-state index contributed by atoms with van der Waals surface area (Å²) in [5.41, 5.74) is 1.88. The van der Waals surface area contributed by atoms with Gasteiger partial charge in [0.15, 0.2) is 0 Å². The summed E-state index contributed by atoms with van der Waals surface area (Å²) >= 11 is 3.29. The van der Waals surface area contributed by atoms with E-state index in [1.165, 1.54) is 10.5 Å². The van der Waals surface area contributed by atoms with Crippen LogP contribution >= 0.6 is 23.1 Å². The third kappa shape index (κ3) is 2.94. The molecule has 21 heavy (non-hydrogen) atoms. The fraction of sp³-hybridized carbons (Fsp3) is 0.125. The van der Waals surface area contributed by atoms with Crippen LogP contribution in [0.15, 0.2) is 57.7 Å². The Morgan fingerprint density at radius 1 is 1.24 bits per heavy atom. The van der Waals surface area contributed by atoms with Gasteiger partial charge in [-0.2, -0.15) is 0 Å². The van der Waals surface area contributed by atoms with Gasteiger partial charge in [0, 0.05) is 27.6 Å². The van der Waals surface area contributed by atoms with E-state index in [1.54, 1.807) is 30.0 Å². The van der Waals surface area contributed by atoms with E-state index in [1.807, 2.05) is 12.4 Å². The molecule has 3 rings (SSSR count). The maximum absolute atomic E-state index is 8.92. The first-order valence-electron chi connectivity index (χ1n) is 6.48. The predicted octanol–water partition coefficient (Wildman–Crippen LogP) is 4.95. The van der Waals surface area contributed by atoms with Crippen LogP contribution in [0.5, 0.6) is 0 Å². The van der Waals surface area contributed by atoms with E-state index < -0.39 is 0 Å². The topological polar surface area (TPSA) is 45.5 Å². The van der Waals surface area contributed by atoms with Gasteiger partial charge in [-0.3, -0.25) is 4.98 Å². The molecule has 5 heteroatoms. The Balaban J connectivity index is 2.02. The molecule has 0 aliphatic carbocycles. The average Bonchev–Trinajstić information content (AvgIpc) is 2.94. The van der Waals surface area contributed by atoms with Crippen molar-refractivity contribution in [2.45, 2.75) is 23.6 Å². The molecular weight excluding hydrogens is 300 g/mol. The molecule has 2 aromatic heterocycles. The molecule has 0 saturated carbocycles. The Kier molecular flexibility index (Phi) is 3.94. The van der Waals surface area contributed by atoms with Gasteiger partial charge in [0.25, 0.3) is 0 Å². The van der Waals surface area contributed by atoms with Crippen molar-refractivity contribution in [3.8, 4) is 0 Å². The first kappa shape index (κ1) is 14.1. The van der Waals surface area contributed by atoms with Crippen LogP contribution in [0.1, 0.15) is 17.4 Å². The number of thiophene rings is 1. The zero-order valence-electron chi connectivity index (χ0n) is 11.7. The third-order valence-corrected chi connectivity index (χ3v) is 5.40. The highest BCUT2D eigenvalue weighted by Gasteiger charge is 2.10. The molecule has 0 saturated heterocycles. The standard InChI is InChI=1S/C16H14N2OS2/c1-10-3-5-12(6-4-10)20-15-8-17-9-16-13(15)7-14(21-16)11(2)18-19/h3-9,19H,1-2H3/b18-11+. The highest BCUT2D eigenvalue weighted by molar-refractivity contribution is 7.99. The smallest absolute Gasteiger partial charge is 0.0936 e. The molecule has 3 aromatic rings. The molecule has 2 heterocycles. The second-order valence-electron chi connectivity index (χ2n) is 4.76. The van der Waals surface area contributed by atoms with Crippen molar-refractivity contribution in [3.63, 3.8) is 0 Å². The molecule has 3 nitrogen and oxygen atoms in total. The van der Waals surface area contributed by atoms with E-state index in [-0.39, 0.29) is 0 Å². The van der Waals surface area contributed by atoms with Crippen molar-refractivity contribution in [2.75, 3.05) is 0 Å². The van der Waals surface area contributed by atoms with Gasteiger partial charge in [0.05, 0.1) is 15.3 Å². The monoisotopic (exact) mass is 314 g/mol. The number of fused-ring (bicyclic) bond motifs is 1. The second-order valence-corrected chi connectivity index (χ2v) is 6.96. The van der Waals surface area contributed by atoms with Crippen molar-refractivity contribution in [1.29, 1.82) is 0 Å². The molecule has 0 amide bonds. The van der Waals surface area contributed by atoms with E-state index in [9.17, 15) is 0 Å². The highest BCUT2D eigenvalue weighted by Crippen LogP contribution is 2.36. The molecule has 0 fully saturated rings. The summed E-state index contributed by atoms with van der Waals surface area (Å²) in [6.07, 6.45) is 3.74. The molecule has 0 bridgehead atoms. The van der Waals surface area contributed by atoms with E-state index in [4.69, 9.17) is 5.21 Å². The molecule has 1 N–H and O–H groups in total. The van der Waals surface area contributed by atoms with Crippen LogP contribution in [0.3, 0.4) is 0 Å². The first-order chi connectivity index (χ1) is 10.2. The fourth-order valence-corrected chi connectivity index (χ4v) is 3.96. The predicted molar refractivity (Wildman–Crippen MR) is 88.9 cm³/mol. The first-order valence-corrected chi connectivity index (χ1v) is 8.12. The minimum atomic E-state index is 0.627. The van der Waals surface area contributed by atoms with Crippen molar-refractivity contribution in [3.05, 3.63) is 53.2 Å². The maximum Gasteiger partial charge on any atom is 0.0936 e. The third-order valence-electron chi connectivity index (χ3n) is 3.17. The van der Waals surface area contributed by atoms with E-state index in [2.05, 4.69) is 47.4 Å². The van der Waals surface area contributed by atoms with Gasteiger partial charge in [-0.15, -0.1) is 11.3 Å². The quantitative estimate of drug-likeness (QED) is 0.422. The average molecular weight is 314 g/mol. The van der Waals surface area contributed by atoms with E-state index in [0.717, 1.165) is 19.9 Å². The Hall–Kier alpha value is -1.85. The molecule has 0 aliphatic rings. The summed E-state index contributed by atoms with van der Waals surface area (Å²) in [5.74, 6) is 0. The summed E-state index contributed by atoms with van der Waals surface area (Å²) in [6, 6.07) is 10.5. The molecule has 1 aromatic carbocycles. The normalized spacial score (nSPS) is 12.0. The SMILES string of the molecule is C/C(=N\O)c1cc2c(Sc3ccc(C)cc3)cncc2s1. The summed E-state index contributed by atoms with van der Waals surface area (Å²) in [4.78, 5) is 7.58. The van der Waals surface area contributed by atoms with Gasteiger partial charge in [0.1, 0.15) is 0 Å². The van der Waals surface area contributed by atoms with Gasteiger partial charge in [-0.1, -0.05) is 34.6 Å². The van der Waals surface area contributed by atoms with Gasteiger partial charge in [0.2, 0.25) is 0 Å². The largest absolute Gasteiger partial charge is 0.411 e. The number of hydrogen-bond donors (Lipinski definition) is 1. The molecule has 0 radical (unpaired) electrons. The molecule has 0 aliphatic heterocycles. The Labute approximate surface area is 131 Å². The number of hydrogen-bond acceptors (Lipinski definition) is 5. The number of benzene rings is 1. The van der Waals surface area contributed by atoms with Gasteiger partial charge < -0.3 is 5.21 Å². The zero-order chi connectivity index (χ0) is 14.8. The molecule has 0 unspecified atom stereocenters. The van der Waals surface area contributed by atoms with E-state index >= 15 is 0 Å². The summed E-state index contributed by atoms with van der Waals surface area (Å²) < 4.78 is 1.10. The van der Waals surface area contributed by atoms with Crippen molar-refractivity contribution in [2.24, 2.45) is 5.16 Å². The molecular formula is C16H14N2OS2. The molecule has 0 atom stereocenters. The summed E-state index contributed by atoms with van der Waals surface area (Å²) in [6.45, 7) is 3.88. The minimum Gasteiger partial charge on any atom is -0.411 e. The van der Waals surface area contributed by atoms with Crippen LogP contribution in [0.2, 0.25) is 0 Å². The van der Waals surface area contributed by atoms with Crippen LogP contribution in [0.25, 0.3) is 10.1 Å². The zero-order valence-corrected chi connectivity index (χ0v) is 13.3. The number of aromatic nitrogens is 1. The second kappa shape index (κ2) is 5.87. The lowest BCUT2D eigenvalue weighted by atomic mass is 10.2. The number of nitrogens with zero attached hydrogens (tertiary/aromatic N) is 2. The lowest BCUT2D eigenvalue weighted by Gasteiger charge is -2.03. The lowest BCUT2D eigenvalue weighted by molar-refractivity contribution is 0.319. The Bertz CT molecular complexity index is 807. The van der Waals surface area contributed by atoms with Crippen LogP contribution in [-0.4, -0.2) is 15.9 Å². The van der Waals surface area contributed by atoms with Crippen LogP contribution < -0.4 is 0 Å². The Morgan fingerprint density at radius 3 is 2.71 bits per heavy atom. The van der Waals surface area contributed by atoms with Crippen LogP contribution in [0.4, 0.5) is 0 Å².